The first kappa shape index (κ1) is 14.4. The molecule has 1 saturated heterocycles. The van der Waals surface area contributed by atoms with E-state index in [0.29, 0.717) is 13.2 Å². The van der Waals surface area contributed by atoms with Crippen LogP contribution in [0, 0.1) is 0 Å². The number of likely N-dealkylation sites (N-methyl/N-ethyl adjacent to an activating group) is 1. The molecule has 0 spiro atoms. The van der Waals surface area contributed by atoms with E-state index in [-0.39, 0.29) is 19.4 Å². The Kier molecular flexibility index (Phi) is 7.34. The smallest absolute Gasteiger partial charge is 0.239 e. The molecule has 1 atom stereocenters. The second kappa shape index (κ2) is 7.65. The molecule has 1 aliphatic heterocycles. The van der Waals surface area contributed by atoms with E-state index in [9.17, 15) is 4.79 Å². The predicted molar refractivity (Wildman–Crippen MR) is 61.9 cm³/mol. The summed E-state index contributed by atoms with van der Waals surface area (Å²) in [4.78, 5) is 13.8. The Labute approximate surface area is 93.0 Å². The summed E-state index contributed by atoms with van der Waals surface area (Å²) >= 11 is 0. The normalized spacial score (nSPS) is 22.1. The summed E-state index contributed by atoms with van der Waals surface area (Å²) in [5.41, 5.74) is 0. The van der Waals surface area contributed by atoms with Gasteiger partial charge in [0.15, 0.2) is 0 Å². The summed E-state index contributed by atoms with van der Waals surface area (Å²) in [6, 6.07) is 0.00866. The maximum atomic E-state index is 11.9. The fourth-order valence-electron chi connectivity index (χ4n) is 1.80. The molecular weight excluding hydrogens is 192 g/mol. The lowest BCUT2D eigenvalue weighted by Crippen LogP contribution is -2.45. The zero-order valence-electron chi connectivity index (χ0n) is 9.08. The van der Waals surface area contributed by atoms with Crippen LogP contribution < -0.4 is 5.32 Å². The molecule has 0 aromatic heterocycles. The number of methoxy groups -OCH3 is 1. The van der Waals surface area contributed by atoms with Gasteiger partial charge < -0.3 is 15.0 Å². The molecule has 0 saturated carbocycles. The summed E-state index contributed by atoms with van der Waals surface area (Å²) < 4.78 is 4.99. The molecule has 0 aromatic carbocycles. The van der Waals surface area contributed by atoms with Gasteiger partial charge in [0, 0.05) is 20.2 Å². The van der Waals surface area contributed by atoms with Crippen LogP contribution >= 0.6 is 0 Å². The first-order valence-corrected chi connectivity index (χ1v) is 5.24. The van der Waals surface area contributed by atoms with Gasteiger partial charge in [0.2, 0.25) is 5.91 Å². The van der Waals surface area contributed by atoms with Gasteiger partial charge in [-0.25, -0.2) is 0 Å². The summed E-state index contributed by atoms with van der Waals surface area (Å²) in [7, 11) is 3.51. The number of nitrogens with one attached hydrogen (secondary N) is 1. The van der Waals surface area contributed by atoms with Crippen LogP contribution in [0.5, 0.6) is 0 Å². The molecular formula is C11H24N2O2. The SMILES string of the molecule is C.CNC1CCCCN(CCOC)C1=O. The van der Waals surface area contributed by atoms with Crippen LogP contribution in [0.15, 0.2) is 0 Å². The molecule has 4 heteroatoms. The maximum absolute atomic E-state index is 11.9. The molecule has 1 amide bonds. The van der Waals surface area contributed by atoms with Crippen LogP contribution in [-0.2, 0) is 9.53 Å². The molecule has 0 bridgehead atoms. The standard InChI is InChI=1S/C10H20N2O2.CH4/c1-11-9-5-3-4-6-12(10(9)13)7-8-14-2;/h9,11H,3-8H2,1-2H3;1H4. The Hall–Kier alpha value is -0.610. The van der Waals surface area contributed by atoms with Crippen molar-refractivity contribution in [3.63, 3.8) is 0 Å². The molecule has 1 N–H and O–H groups in total. The number of hydrogen-bond acceptors (Lipinski definition) is 3. The van der Waals surface area contributed by atoms with Crippen molar-refractivity contribution in [3.8, 4) is 0 Å². The average molecular weight is 216 g/mol. The minimum absolute atomic E-state index is 0. The van der Waals surface area contributed by atoms with Gasteiger partial charge in [-0.1, -0.05) is 7.43 Å². The molecule has 1 rings (SSSR count). The van der Waals surface area contributed by atoms with Gasteiger partial charge in [0.05, 0.1) is 12.6 Å². The quantitative estimate of drug-likeness (QED) is 0.758. The van der Waals surface area contributed by atoms with E-state index in [4.69, 9.17) is 4.74 Å². The third-order valence-electron chi connectivity index (χ3n) is 2.69. The van der Waals surface area contributed by atoms with Gasteiger partial charge in [0.25, 0.3) is 0 Å². The Bertz CT molecular complexity index is 185. The minimum Gasteiger partial charge on any atom is -0.383 e. The molecule has 90 valence electrons. The van der Waals surface area contributed by atoms with Gasteiger partial charge in [-0.15, -0.1) is 0 Å². The third kappa shape index (κ3) is 4.18. The second-order valence-corrected chi connectivity index (χ2v) is 3.66. The molecule has 1 heterocycles. The van der Waals surface area contributed by atoms with Crippen molar-refractivity contribution in [1.29, 1.82) is 0 Å². The fraction of sp³-hybridized carbons (Fsp3) is 0.909. The van der Waals surface area contributed by atoms with E-state index in [1.54, 1.807) is 7.11 Å². The molecule has 0 radical (unpaired) electrons. The third-order valence-corrected chi connectivity index (χ3v) is 2.69. The monoisotopic (exact) mass is 216 g/mol. The number of amides is 1. The number of carbonyl (C=O) groups excluding carboxylic acids is 1. The second-order valence-electron chi connectivity index (χ2n) is 3.66. The minimum atomic E-state index is 0. The van der Waals surface area contributed by atoms with Crippen molar-refractivity contribution in [1.82, 2.24) is 10.2 Å². The van der Waals surface area contributed by atoms with Crippen molar-refractivity contribution in [2.45, 2.75) is 32.7 Å². The highest BCUT2D eigenvalue weighted by Gasteiger charge is 2.24. The number of hydrogen-bond donors (Lipinski definition) is 1. The van der Waals surface area contributed by atoms with E-state index in [2.05, 4.69) is 5.32 Å². The fourth-order valence-corrected chi connectivity index (χ4v) is 1.80. The lowest BCUT2D eigenvalue weighted by atomic mass is 10.1. The van der Waals surface area contributed by atoms with E-state index in [1.165, 1.54) is 0 Å². The van der Waals surface area contributed by atoms with Gasteiger partial charge in [-0.2, -0.15) is 0 Å². The van der Waals surface area contributed by atoms with Crippen molar-refractivity contribution in [2.24, 2.45) is 0 Å². The highest BCUT2D eigenvalue weighted by Crippen LogP contribution is 2.11. The topological polar surface area (TPSA) is 41.6 Å². The van der Waals surface area contributed by atoms with Crippen molar-refractivity contribution in [3.05, 3.63) is 0 Å². The molecule has 0 aliphatic carbocycles. The molecule has 1 unspecified atom stereocenters. The molecule has 1 aliphatic rings. The van der Waals surface area contributed by atoms with Crippen LogP contribution in [-0.4, -0.2) is 50.7 Å². The molecule has 0 aromatic rings. The van der Waals surface area contributed by atoms with E-state index >= 15 is 0 Å². The number of likely N-dealkylation sites (tertiary alicyclic amines) is 1. The van der Waals surface area contributed by atoms with Gasteiger partial charge in [0.1, 0.15) is 0 Å². The average Bonchev–Trinajstić information content (AvgIpc) is 2.38. The number of rotatable bonds is 4. The number of carbonyl (C=O) groups is 1. The highest BCUT2D eigenvalue weighted by atomic mass is 16.5. The van der Waals surface area contributed by atoms with Gasteiger partial charge >= 0.3 is 0 Å². The number of ether oxygens (including phenoxy) is 1. The molecule has 1 fully saturated rings. The van der Waals surface area contributed by atoms with Crippen LogP contribution in [0.4, 0.5) is 0 Å². The summed E-state index contributed by atoms with van der Waals surface area (Å²) in [6.07, 6.45) is 3.19. The van der Waals surface area contributed by atoms with E-state index in [0.717, 1.165) is 25.8 Å². The lowest BCUT2D eigenvalue weighted by molar-refractivity contribution is -0.133. The Morgan fingerprint density at radius 3 is 2.87 bits per heavy atom. The van der Waals surface area contributed by atoms with Gasteiger partial charge in [-0.05, 0) is 26.3 Å². The predicted octanol–water partition coefficient (Wildman–Crippen LogP) is 0.869. The first-order valence-electron chi connectivity index (χ1n) is 5.24. The van der Waals surface area contributed by atoms with Crippen molar-refractivity contribution < 1.29 is 9.53 Å². The van der Waals surface area contributed by atoms with Crippen LogP contribution in [0.25, 0.3) is 0 Å². The summed E-state index contributed by atoms with van der Waals surface area (Å²) in [6.45, 7) is 2.22. The largest absolute Gasteiger partial charge is 0.383 e. The van der Waals surface area contributed by atoms with E-state index < -0.39 is 0 Å². The van der Waals surface area contributed by atoms with Crippen LogP contribution in [0.3, 0.4) is 0 Å². The van der Waals surface area contributed by atoms with E-state index in [1.807, 2.05) is 11.9 Å². The molecule has 4 nitrogen and oxygen atoms in total. The summed E-state index contributed by atoms with van der Waals surface area (Å²) in [5, 5.41) is 3.07. The Morgan fingerprint density at radius 2 is 2.27 bits per heavy atom. The van der Waals surface area contributed by atoms with Gasteiger partial charge in [-0.3, -0.25) is 4.79 Å². The zero-order valence-corrected chi connectivity index (χ0v) is 9.08. The first-order chi connectivity index (χ1) is 6.79. The van der Waals surface area contributed by atoms with Crippen LogP contribution in [0.1, 0.15) is 26.7 Å². The number of nitrogens with zero attached hydrogens (tertiary/aromatic N) is 1. The Morgan fingerprint density at radius 1 is 1.53 bits per heavy atom. The molecule has 15 heavy (non-hydrogen) atoms. The Balaban J connectivity index is 0.00000196. The van der Waals surface area contributed by atoms with Crippen LogP contribution in [0.2, 0.25) is 0 Å². The maximum Gasteiger partial charge on any atom is 0.239 e. The highest BCUT2D eigenvalue weighted by molar-refractivity contribution is 5.82. The lowest BCUT2D eigenvalue weighted by Gasteiger charge is -2.23. The van der Waals surface area contributed by atoms with Crippen molar-refractivity contribution in [2.75, 3.05) is 33.9 Å². The summed E-state index contributed by atoms with van der Waals surface area (Å²) in [5.74, 6) is 0.224. The zero-order chi connectivity index (χ0) is 10.4. The van der Waals surface area contributed by atoms with Crippen molar-refractivity contribution >= 4 is 5.91 Å².